The molecule has 0 amide bonds. The average molecular weight is 471 g/mol. The Kier molecular flexibility index (Phi) is 5.64. The molecule has 4 aromatic rings. The molecule has 0 aliphatic carbocycles. The molecule has 2 heterocycles. The number of aromatic nitrogens is 4. The van der Waals surface area contributed by atoms with Crippen LogP contribution < -0.4 is 10.1 Å². The number of aromatic amines is 1. The Balaban J connectivity index is 1.55. The molecule has 7 nitrogen and oxygen atoms in total. The zero-order chi connectivity index (χ0) is 23.8. The van der Waals surface area contributed by atoms with Crippen LogP contribution >= 0.6 is 0 Å². The van der Waals surface area contributed by atoms with E-state index in [0.717, 1.165) is 22.6 Å². The van der Waals surface area contributed by atoms with Crippen molar-refractivity contribution in [3.05, 3.63) is 53.1 Å². The fourth-order valence-corrected chi connectivity index (χ4v) is 3.16. The number of benzene rings is 2. The van der Waals surface area contributed by atoms with Gasteiger partial charge in [-0.25, -0.2) is 5.10 Å². The first-order valence-corrected chi connectivity index (χ1v) is 9.41. The highest BCUT2D eigenvalue weighted by molar-refractivity contribution is 5.83. The largest absolute Gasteiger partial charge is 0.483 e. The molecule has 0 bridgehead atoms. The number of anilines is 1. The van der Waals surface area contributed by atoms with Crippen molar-refractivity contribution in [2.75, 3.05) is 11.9 Å². The smallest absolute Gasteiger partial charge is 0.422 e. The van der Waals surface area contributed by atoms with Crippen LogP contribution in [-0.2, 0) is 12.7 Å². The van der Waals surface area contributed by atoms with Crippen LogP contribution in [0.25, 0.3) is 22.6 Å². The number of halogens is 6. The van der Waals surface area contributed by atoms with Crippen molar-refractivity contribution in [3.8, 4) is 17.3 Å². The lowest BCUT2D eigenvalue weighted by molar-refractivity contribution is -0.158. The Labute approximate surface area is 181 Å². The second kappa shape index (κ2) is 8.30. The summed E-state index contributed by atoms with van der Waals surface area (Å²) in [5, 5.41) is 17.0. The summed E-state index contributed by atoms with van der Waals surface area (Å²) in [6.07, 6.45) is -9.65. The van der Waals surface area contributed by atoms with Crippen LogP contribution in [0.4, 0.5) is 32.0 Å². The number of furan rings is 1. The van der Waals surface area contributed by atoms with Crippen molar-refractivity contribution in [2.45, 2.75) is 25.8 Å². The van der Waals surface area contributed by atoms with Crippen LogP contribution in [0.1, 0.15) is 16.7 Å². The number of nitrogens with zero attached hydrogens (tertiary/aromatic N) is 3. The summed E-state index contributed by atoms with van der Waals surface area (Å²) in [4.78, 5) is 0. The minimum atomic E-state index is -4.90. The highest BCUT2D eigenvalue weighted by Gasteiger charge is 2.36. The third-order valence-electron chi connectivity index (χ3n) is 4.71. The molecule has 0 spiro atoms. The molecule has 174 valence electrons. The zero-order valence-corrected chi connectivity index (χ0v) is 16.8. The number of ether oxygens (including phenoxy) is 1. The molecule has 2 aromatic carbocycles. The van der Waals surface area contributed by atoms with Crippen molar-refractivity contribution in [1.29, 1.82) is 0 Å². The van der Waals surface area contributed by atoms with Crippen molar-refractivity contribution in [3.63, 3.8) is 0 Å². The minimum Gasteiger partial charge on any atom is -0.483 e. The van der Waals surface area contributed by atoms with E-state index in [0.29, 0.717) is 23.2 Å². The molecule has 0 radical (unpaired) electrons. The molecule has 4 rings (SSSR count). The van der Waals surface area contributed by atoms with Gasteiger partial charge in [0.05, 0.1) is 5.56 Å². The molecule has 0 unspecified atom stereocenters. The van der Waals surface area contributed by atoms with Crippen LogP contribution in [0.3, 0.4) is 0 Å². The standard InChI is InChI=1S/C20H15F6N5O2/c1-10-4-11-5-17(18-28-30-31-29-18)33-16(11)6-12(10)8-27-13-2-3-15(32-9-19(21,22)23)14(7-13)20(24,25)26/h2-7,27H,8-9H2,1H3,(H,28,29,30,31). The van der Waals surface area contributed by atoms with E-state index in [1.807, 2.05) is 13.0 Å². The summed E-state index contributed by atoms with van der Waals surface area (Å²) >= 11 is 0. The van der Waals surface area contributed by atoms with Gasteiger partial charge in [-0.3, -0.25) is 0 Å². The Hall–Kier alpha value is -3.77. The molecule has 0 aliphatic heterocycles. The van der Waals surface area contributed by atoms with Crippen LogP contribution in [0.5, 0.6) is 5.75 Å². The number of hydrogen-bond acceptors (Lipinski definition) is 6. The molecule has 33 heavy (non-hydrogen) atoms. The Morgan fingerprint density at radius 1 is 1.06 bits per heavy atom. The van der Waals surface area contributed by atoms with E-state index in [9.17, 15) is 26.3 Å². The molecular weight excluding hydrogens is 456 g/mol. The maximum Gasteiger partial charge on any atom is 0.422 e. The molecule has 0 fully saturated rings. The predicted molar refractivity (Wildman–Crippen MR) is 104 cm³/mol. The monoisotopic (exact) mass is 471 g/mol. The highest BCUT2D eigenvalue weighted by atomic mass is 19.4. The molecule has 2 aromatic heterocycles. The van der Waals surface area contributed by atoms with Gasteiger partial charge in [-0.1, -0.05) is 0 Å². The van der Waals surface area contributed by atoms with Crippen LogP contribution in [0.15, 0.2) is 40.8 Å². The number of aryl methyl sites for hydroxylation is 1. The van der Waals surface area contributed by atoms with Crippen LogP contribution in [-0.4, -0.2) is 33.4 Å². The third-order valence-corrected chi connectivity index (χ3v) is 4.71. The van der Waals surface area contributed by atoms with Crippen molar-refractivity contribution >= 4 is 16.7 Å². The first kappa shape index (κ1) is 22.4. The zero-order valence-electron chi connectivity index (χ0n) is 16.8. The lowest BCUT2D eigenvalue weighted by Gasteiger charge is -2.17. The van der Waals surface area contributed by atoms with Crippen molar-refractivity contribution in [1.82, 2.24) is 20.6 Å². The summed E-state index contributed by atoms with van der Waals surface area (Å²) < 4.78 is 87.2. The molecular formula is C20H15F6N5O2. The van der Waals surface area contributed by atoms with Gasteiger partial charge in [-0.05, 0) is 64.9 Å². The quantitative estimate of drug-likeness (QED) is 0.362. The van der Waals surface area contributed by atoms with Gasteiger partial charge in [0, 0.05) is 17.6 Å². The number of nitrogens with one attached hydrogen (secondary N) is 2. The first-order chi connectivity index (χ1) is 15.5. The summed E-state index contributed by atoms with van der Waals surface area (Å²) in [6, 6.07) is 8.11. The van der Waals surface area contributed by atoms with E-state index in [-0.39, 0.29) is 12.2 Å². The summed E-state index contributed by atoms with van der Waals surface area (Å²) in [5.41, 5.74) is 0.870. The SMILES string of the molecule is Cc1cc2cc(-c3nnn[nH]3)oc2cc1CNc1ccc(OCC(F)(F)F)c(C(F)(F)F)c1. The lowest BCUT2D eigenvalue weighted by Crippen LogP contribution is -2.21. The maximum atomic E-state index is 13.4. The van der Waals surface area contributed by atoms with Gasteiger partial charge in [0.25, 0.3) is 0 Å². The Bertz CT molecular complexity index is 1260. The van der Waals surface area contributed by atoms with Gasteiger partial charge < -0.3 is 14.5 Å². The number of H-pyrrole nitrogens is 1. The first-order valence-electron chi connectivity index (χ1n) is 9.41. The van der Waals surface area contributed by atoms with Crippen molar-refractivity contribution in [2.24, 2.45) is 0 Å². The van der Waals surface area contributed by atoms with E-state index < -0.39 is 30.3 Å². The number of fused-ring (bicyclic) bond motifs is 1. The average Bonchev–Trinajstić information content (AvgIpc) is 3.39. The second-order valence-electron chi connectivity index (χ2n) is 7.14. The maximum absolute atomic E-state index is 13.4. The van der Waals surface area contributed by atoms with Crippen LogP contribution in [0.2, 0.25) is 0 Å². The summed E-state index contributed by atoms with van der Waals surface area (Å²) in [6.45, 7) is 0.146. The van der Waals surface area contributed by atoms with Gasteiger partial charge in [0.2, 0.25) is 5.82 Å². The number of rotatable bonds is 6. The molecule has 0 atom stereocenters. The van der Waals surface area contributed by atoms with Gasteiger partial charge in [0.1, 0.15) is 11.3 Å². The lowest BCUT2D eigenvalue weighted by atomic mass is 10.1. The van der Waals surface area contributed by atoms with E-state index in [2.05, 4.69) is 30.7 Å². The summed E-state index contributed by atoms with van der Waals surface area (Å²) in [7, 11) is 0. The van der Waals surface area contributed by atoms with Crippen LogP contribution in [0, 0.1) is 6.92 Å². The topological polar surface area (TPSA) is 88.9 Å². The Morgan fingerprint density at radius 2 is 1.85 bits per heavy atom. The van der Waals surface area contributed by atoms with Gasteiger partial charge in [-0.2, -0.15) is 26.3 Å². The van der Waals surface area contributed by atoms with E-state index in [1.165, 1.54) is 6.07 Å². The molecule has 2 N–H and O–H groups in total. The highest BCUT2D eigenvalue weighted by Crippen LogP contribution is 2.38. The summed E-state index contributed by atoms with van der Waals surface area (Å²) in [5.74, 6) is -0.132. The predicted octanol–water partition coefficient (Wildman–Crippen LogP) is 5.49. The third kappa shape index (κ3) is 5.18. The minimum absolute atomic E-state index is 0.0639. The van der Waals surface area contributed by atoms with E-state index >= 15 is 0 Å². The molecule has 0 saturated heterocycles. The van der Waals surface area contributed by atoms with Gasteiger partial charge >= 0.3 is 12.4 Å². The number of alkyl halides is 6. The fourth-order valence-electron chi connectivity index (χ4n) is 3.16. The molecule has 0 aliphatic rings. The fraction of sp³-hybridized carbons (Fsp3) is 0.250. The second-order valence-corrected chi connectivity index (χ2v) is 7.14. The normalized spacial score (nSPS) is 12.3. The van der Waals surface area contributed by atoms with Crippen molar-refractivity contribution < 1.29 is 35.5 Å². The molecule has 0 saturated carbocycles. The van der Waals surface area contributed by atoms with E-state index in [4.69, 9.17) is 4.42 Å². The van der Waals surface area contributed by atoms with Gasteiger partial charge in [-0.15, -0.1) is 5.10 Å². The van der Waals surface area contributed by atoms with Gasteiger partial charge in [0.15, 0.2) is 12.4 Å². The number of tetrazole rings is 1. The Morgan fingerprint density at radius 3 is 2.52 bits per heavy atom. The number of hydrogen-bond donors (Lipinski definition) is 2. The molecule has 13 heteroatoms. The van der Waals surface area contributed by atoms with E-state index in [1.54, 1.807) is 12.1 Å².